The molecule has 172 valence electrons. The highest BCUT2D eigenvalue weighted by Gasteiger charge is 2.26. The van der Waals surface area contributed by atoms with Crippen molar-refractivity contribution in [2.24, 2.45) is 10.9 Å². The lowest BCUT2D eigenvalue weighted by atomic mass is 9.98. The number of halogens is 1. The first-order valence-electron chi connectivity index (χ1n) is 11.7. The molecule has 7 heteroatoms. The van der Waals surface area contributed by atoms with Gasteiger partial charge in [-0.25, -0.2) is 9.37 Å². The Morgan fingerprint density at radius 2 is 1.94 bits per heavy atom. The third-order valence-electron chi connectivity index (χ3n) is 6.53. The third-order valence-corrected chi connectivity index (χ3v) is 6.53. The van der Waals surface area contributed by atoms with Crippen LogP contribution >= 0.6 is 0 Å². The summed E-state index contributed by atoms with van der Waals surface area (Å²) < 4.78 is 14.0. The monoisotopic (exact) mass is 438 g/mol. The van der Waals surface area contributed by atoms with Crippen LogP contribution in [0.15, 0.2) is 47.6 Å². The summed E-state index contributed by atoms with van der Waals surface area (Å²) in [7, 11) is 1.79. The number of piperidine rings is 1. The van der Waals surface area contributed by atoms with Gasteiger partial charge in [-0.1, -0.05) is 31.2 Å². The van der Waals surface area contributed by atoms with E-state index in [0.29, 0.717) is 12.4 Å². The number of benzene rings is 1. The molecule has 2 N–H and O–H groups in total. The van der Waals surface area contributed by atoms with Crippen molar-refractivity contribution in [2.75, 3.05) is 38.1 Å². The summed E-state index contributed by atoms with van der Waals surface area (Å²) in [4.78, 5) is 13.1. The Morgan fingerprint density at radius 1 is 1.12 bits per heavy atom. The third kappa shape index (κ3) is 5.97. The molecule has 6 nitrogen and oxygen atoms in total. The topological polar surface area (TPSA) is 55.8 Å². The van der Waals surface area contributed by atoms with Gasteiger partial charge >= 0.3 is 0 Å². The van der Waals surface area contributed by atoms with E-state index in [9.17, 15) is 4.39 Å². The van der Waals surface area contributed by atoms with Crippen LogP contribution in [0, 0.1) is 11.7 Å². The zero-order valence-corrected chi connectivity index (χ0v) is 19.2. The van der Waals surface area contributed by atoms with Crippen LogP contribution in [0.25, 0.3) is 0 Å². The second-order valence-electron chi connectivity index (χ2n) is 9.09. The van der Waals surface area contributed by atoms with Crippen molar-refractivity contribution in [1.29, 1.82) is 0 Å². The van der Waals surface area contributed by atoms with E-state index in [-0.39, 0.29) is 11.9 Å². The van der Waals surface area contributed by atoms with Crippen LogP contribution in [0.1, 0.15) is 37.3 Å². The van der Waals surface area contributed by atoms with Crippen molar-refractivity contribution in [3.05, 3.63) is 59.5 Å². The van der Waals surface area contributed by atoms with E-state index in [0.717, 1.165) is 37.9 Å². The van der Waals surface area contributed by atoms with Crippen molar-refractivity contribution >= 4 is 11.8 Å². The lowest BCUT2D eigenvalue weighted by Crippen LogP contribution is -2.44. The van der Waals surface area contributed by atoms with Gasteiger partial charge in [0.15, 0.2) is 17.6 Å². The predicted molar refractivity (Wildman–Crippen MR) is 128 cm³/mol. The number of nitrogens with zero attached hydrogens (tertiary/aromatic N) is 4. The summed E-state index contributed by atoms with van der Waals surface area (Å²) in [6.07, 6.45) is 5.16. The average molecular weight is 439 g/mol. The number of anilines is 1. The van der Waals surface area contributed by atoms with Crippen LogP contribution in [-0.2, 0) is 13.1 Å². The summed E-state index contributed by atoms with van der Waals surface area (Å²) >= 11 is 0. The highest BCUT2D eigenvalue weighted by molar-refractivity contribution is 5.80. The summed E-state index contributed by atoms with van der Waals surface area (Å²) in [5.74, 6) is 1.79. The number of aliphatic imine (C=N–C) groups is 1. The second-order valence-corrected chi connectivity index (χ2v) is 9.09. The summed E-state index contributed by atoms with van der Waals surface area (Å²) in [5.41, 5.74) is 2.62. The molecule has 2 fully saturated rings. The van der Waals surface area contributed by atoms with Crippen LogP contribution in [0.4, 0.5) is 10.2 Å². The smallest absolute Gasteiger partial charge is 0.191 e. The van der Waals surface area contributed by atoms with Gasteiger partial charge in [-0.3, -0.25) is 9.89 Å². The van der Waals surface area contributed by atoms with Crippen LogP contribution in [-0.4, -0.2) is 55.1 Å². The predicted octanol–water partition coefficient (Wildman–Crippen LogP) is 3.40. The fraction of sp³-hybridized carbons (Fsp3) is 0.520. The molecule has 2 aliphatic heterocycles. The maximum absolute atomic E-state index is 14.0. The molecule has 3 heterocycles. The molecule has 2 aromatic rings. The summed E-state index contributed by atoms with van der Waals surface area (Å²) in [5, 5.41) is 6.91. The second kappa shape index (κ2) is 10.8. The molecule has 0 spiro atoms. The number of nitrogens with one attached hydrogen (secondary N) is 2. The quantitative estimate of drug-likeness (QED) is 0.535. The summed E-state index contributed by atoms with van der Waals surface area (Å²) in [6.45, 7) is 7.97. The molecule has 1 aromatic heterocycles. The molecule has 4 rings (SSSR count). The van der Waals surface area contributed by atoms with Crippen LogP contribution in [0.2, 0.25) is 0 Å². The fourth-order valence-corrected chi connectivity index (χ4v) is 4.57. The van der Waals surface area contributed by atoms with Gasteiger partial charge < -0.3 is 15.5 Å². The van der Waals surface area contributed by atoms with Gasteiger partial charge in [0.05, 0.1) is 0 Å². The van der Waals surface area contributed by atoms with Gasteiger partial charge in [0.2, 0.25) is 0 Å². The largest absolute Gasteiger partial charge is 0.352 e. The highest BCUT2D eigenvalue weighted by Crippen LogP contribution is 2.21. The van der Waals surface area contributed by atoms with E-state index < -0.39 is 0 Å². The van der Waals surface area contributed by atoms with E-state index in [1.54, 1.807) is 19.3 Å². The van der Waals surface area contributed by atoms with Crippen molar-refractivity contribution in [3.63, 3.8) is 0 Å². The van der Waals surface area contributed by atoms with Gasteiger partial charge in [-0.2, -0.15) is 0 Å². The number of aromatic nitrogens is 1. The number of likely N-dealkylation sites (tertiary alicyclic amines) is 1. The zero-order chi connectivity index (χ0) is 22.3. The molecule has 0 aliphatic carbocycles. The van der Waals surface area contributed by atoms with Gasteiger partial charge in [0, 0.05) is 45.5 Å². The Kier molecular flexibility index (Phi) is 7.58. The number of hydrogen-bond donors (Lipinski definition) is 2. The Morgan fingerprint density at radius 3 is 2.72 bits per heavy atom. The first-order chi connectivity index (χ1) is 15.6. The van der Waals surface area contributed by atoms with E-state index in [2.05, 4.69) is 56.7 Å². The van der Waals surface area contributed by atoms with E-state index >= 15 is 0 Å². The minimum atomic E-state index is -0.269. The van der Waals surface area contributed by atoms with Crippen molar-refractivity contribution < 1.29 is 4.39 Å². The van der Waals surface area contributed by atoms with Crippen molar-refractivity contribution in [1.82, 2.24) is 20.5 Å². The normalized spacial score (nSPS) is 20.5. The highest BCUT2D eigenvalue weighted by atomic mass is 19.1. The van der Waals surface area contributed by atoms with Crippen molar-refractivity contribution in [3.8, 4) is 0 Å². The zero-order valence-electron chi connectivity index (χ0n) is 19.2. The van der Waals surface area contributed by atoms with E-state index in [1.165, 1.54) is 43.1 Å². The van der Waals surface area contributed by atoms with E-state index in [4.69, 9.17) is 0 Å². The molecule has 1 unspecified atom stereocenters. The average Bonchev–Trinajstić information content (AvgIpc) is 3.27. The molecule has 2 saturated heterocycles. The molecule has 0 radical (unpaired) electrons. The maximum Gasteiger partial charge on any atom is 0.191 e. The molecule has 1 atom stereocenters. The van der Waals surface area contributed by atoms with Gasteiger partial charge in [-0.15, -0.1) is 0 Å². The lowest BCUT2D eigenvalue weighted by Gasteiger charge is -2.30. The molecule has 32 heavy (non-hydrogen) atoms. The minimum absolute atomic E-state index is 0.204. The fourth-order valence-electron chi connectivity index (χ4n) is 4.57. The number of rotatable bonds is 6. The van der Waals surface area contributed by atoms with Gasteiger partial charge in [0.25, 0.3) is 0 Å². The molecular formula is C25H35FN6. The first kappa shape index (κ1) is 22.5. The SMILES string of the molecule is CN=C(NCc1cccc(CN2CCC(C)CC2)c1)NC1CCN(c2ncccc2F)C1. The van der Waals surface area contributed by atoms with Crippen LogP contribution in [0.5, 0.6) is 0 Å². The van der Waals surface area contributed by atoms with Crippen LogP contribution < -0.4 is 15.5 Å². The Hall–Kier alpha value is -2.67. The molecule has 1 aromatic carbocycles. The number of guanidine groups is 1. The molecule has 2 aliphatic rings. The molecule has 0 saturated carbocycles. The number of pyridine rings is 1. The maximum atomic E-state index is 14.0. The Balaban J connectivity index is 1.26. The summed E-state index contributed by atoms with van der Waals surface area (Å²) in [6, 6.07) is 12.1. The van der Waals surface area contributed by atoms with E-state index in [1.807, 2.05) is 4.90 Å². The lowest BCUT2D eigenvalue weighted by molar-refractivity contribution is 0.185. The Labute approximate surface area is 190 Å². The van der Waals surface area contributed by atoms with Crippen molar-refractivity contribution in [2.45, 2.75) is 45.3 Å². The van der Waals surface area contributed by atoms with Crippen LogP contribution in [0.3, 0.4) is 0 Å². The van der Waals surface area contributed by atoms with Gasteiger partial charge in [-0.05, 0) is 61.5 Å². The minimum Gasteiger partial charge on any atom is -0.352 e. The molecular weight excluding hydrogens is 403 g/mol. The molecule has 0 bridgehead atoms. The molecule has 0 amide bonds. The van der Waals surface area contributed by atoms with Gasteiger partial charge in [0.1, 0.15) is 0 Å². The number of hydrogen-bond acceptors (Lipinski definition) is 4. The first-order valence-corrected chi connectivity index (χ1v) is 11.7. The Bertz CT molecular complexity index is 909. The standard InChI is InChI=1S/C25H35FN6/c1-19-8-12-31(13-9-19)17-21-6-3-5-20(15-21)16-29-25(27-2)30-22-10-14-32(18-22)24-23(26)7-4-11-28-24/h3-7,11,15,19,22H,8-10,12-14,16-18H2,1-2H3,(H2,27,29,30).